The first-order valence-electron chi connectivity index (χ1n) is 8.85. The van der Waals surface area contributed by atoms with E-state index in [0.717, 1.165) is 25.5 Å². The zero-order valence-corrected chi connectivity index (χ0v) is 15.7. The van der Waals surface area contributed by atoms with E-state index in [1.54, 1.807) is 6.07 Å². The Balaban J connectivity index is 1.68. The highest BCUT2D eigenvalue weighted by Crippen LogP contribution is 2.36. The molecule has 1 aromatic heterocycles. The second-order valence-corrected chi connectivity index (χ2v) is 7.07. The third-order valence-electron chi connectivity index (χ3n) is 4.76. The van der Waals surface area contributed by atoms with E-state index in [0.29, 0.717) is 17.2 Å². The number of hydrogen-bond donors (Lipinski definition) is 3. The van der Waals surface area contributed by atoms with Gasteiger partial charge in [0.15, 0.2) is 0 Å². The van der Waals surface area contributed by atoms with Gasteiger partial charge >= 0.3 is 6.18 Å². The van der Waals surface area contributed by atoms with Gasteiger partial charge in [-0.05, 0) is 30.5 Å². The molecular formula is C18H21ClF3N5O. The van der Waals surface area contributed by atoms with Gasteiger partial charge in [-0.3, -0.25) is 0 Å². The van der Waals surface area contributed by atoms with E-state index in [1.165, 1.54) is 18.5 Å². The van der Waals surface area contributed by atoms with Gasteiger partial charge in [0.05, 0.1) is 23.2 Å². The SMILES string of the molecule is NC(CNc1cc(N2CCCC2CO)ncn1)c1ccc(Cl)c(C(F)(F)F)c1. The highest BCUT2D eigenvalue weighted by molar-refractivity contribution is 6.31. The Bertz CT molecular complexity index is 820. The van der Waals surface area contributed by atoms with Crippen molar-refractivity contribution < 1.29 is 18.3 Å². The molecule has 0 aliphatic carbocycles. The number of nitrogens with zero attached hydrogens (tertiary/aromatic N) is 3. The number of nitrogens with two attached hydrogens (primary N) is 1. The fraction of sp³-hybridized carbons (Fsp3) is 0.444. The Morgan fingerprint density at radius 3 is 2.82 bits per heavy atom. The summed E-state index contributed by atoms with van der Waals surface area (Å²) in [7, 11) is 0. The summed E-state index contributed by atoms with van der Waals surface area (Å²) in [5.41, 5.74) is 5.46. The molecule has 152 valence electrons. The molecule has 6 nitrogen and oxygen atoms in total. The summed E-state index contributed by atoms with van der Waals surface area (Å²) in [6.07, 6.45) is -1.27. The summed E-state index contributed by atoms with van der Waals surface area (Å²) in [5.74, 6) is 1.20. The van der Waals surface area contributed by atoms with Gasteiger partial charge in [0, 0.05) is 25.2 Å². The summed E-state index contributed by atoms with van der Waals surface area (Å²) in [6, 6.07) is 4.73. The zero-order chi connectivity index (χ0) is 20.3. The van der Waals surface area contributed by atoms with Crippen LogP contribution in [0.25, 0.3) is 0 Å². The third-order valence-corrected chi connectivity index (χ3v) is 5.09. The largest absolute Gasteiger partial charge is 0.417 e. The summed E-state index contributed by atoms with van der Waals surface area (Å²) < 4.78 is 39.0. The fourth-order valence-electron chi connectivity index (χ4n) is 3.25. The maximum atomic E-state index is 13.0. The molecule has 10 heteroatoms. The van der Waals surface area contributed by atoms with Crippen LogP contribution in [0.1, 0.15) is 30.0 Å². The molecule has 1 saturated heterocycles. The van der Waals surface area contributed by atoms with E-state index < -0.39 is 17.8 Å². The predicted molar refractivity (Wildman–Crippen MR) is 101 cm³/mol. The average molecular weight is 416 g/mol. The van der Waals surface area contributed by atoms with Gasteiger partial charge < -0.3 is 21.1 Å². The Kier molecular flexibility index (Phi) is 6.26. The van der Waals surface area contributed by atoms with Crippen LogP contribution in [0.5, 0.6) is 0 Å². The van der Waals surface area contributed by atoms with Gasteiger partial charge in [0.1, 0.15) is 18.0 Å². The van der Waals surface area contributed by atoms with Crippen molar-refractivity contribution in [2.24, 2.45) is 5.73 Å². The van der Waals surface area contributed by atoms with Crippen LogP contribution in [0.3, 0.4) is 0 Å². The van der Waals surface area contributed by atoms with Crippen LogP contribution in [0, 0.1) is 0 Å². The van der Waals surface area contributed by atoms with Crippen molar-refractivity contribution in [3.63, 3.8) is 0 Å². The monoisotopic (exact) mass is 415 g/mol. The summed E-state index contributed by atoms with van der Waals surface area (Å²) in [4.78, 5) is 10.4. The van der Waals surface area contributed by atoms with Gasteiger partial charge in [-0.1, -0.05) is 17.7 Å². The molecule has 0 amide bonds. The highest BCUT2D eigenvalue weighted by atomic mass is 35.5. The molecule has 4 N–H and O–H groups in total. The number of halogens is 4. The standard InChI is InChI=1S/C18H21ClF3N5O/c19-14-4-3-11(6-13(14)18(20,21)22)15(23)8-24-16-7-17(26-10-25-16)27-5-1-2-12(27)9-28/h3-4,6-7,10,12,15,28H,1-2,5,8-9,23H2,(H,24,25,26). The number of alkyl halides is 3. The van der Waals surface area contributed by atoms with E-state index in [-0.39, 0.29) is 24.2 Å². The molecule has 0 radical (unpaired) electrons. The van der Waals surface area contributed by atoms with Crippen molar-refractivity contribution in [2.75, 3.05) is 29.9 Å². The van der Waals surface area contributed by atoms with Crippen LogP contribution in [0.4, 0.5) is 24.8 Å². The van der Waals surface area contributed by atoms with Crippen LogP contribution >= 0.6 is 11.6 Å². The lowest BCUT2D eigenvalue weighted by atomic mass is 10.0. The summed E-state index contributed by atoms with van der Waals surface area (Å²) in [5, 5.41) is 12.1. The fourth-order valence-corrected chi connectivity index (χ4v) is 3.48. The van der Waals surface area contributed by atoms with Gasteiger partial charge in [-0.15, -0.1) is 0 Å². The van der Waals surface area contributed by atoms with Crippen molar-refractivity contribution in [2.45, 2.75) is 31.1 Å². The second-order valence-electron chi connectivity index (χ2n) is 6.66. The maximum absolute atomic E-state index is 13.0. The Labute approximate surface area is 165 Å². The molecule has 2 heterocycles. The normalized spacial score (nSPS) is 18.4. The lowest BCUT2D eigenvalue weighted by Gasteiger charge is -2.24. The van der Waals surface area contributed by atoms with Crippen LogP contribution in [-0.2, 0) is 6.18 Å². The summed E-state index contributed by atoms with van der Waals surface area (Å²) in [6.45, 7) is 1.03. The molecule has 1 aliphatic rings. The number of rotatable bonds is 6. The number of anilines is 2. The maximum Gasteiger partial charge on any atom is 0.417 e. The molecule has 3 rings (SSSR count). The minimum Gasteiger partial charge on any atom is -0.394 e. The molecule has 0 spiro atoms. The van der Waals surface area contributed by atoms with E-state index in [9.17, 15) is 18.3 Å². The smallest absolute Gasteiger partial charge is 0.394 e. The quantitative estimate of drug-likeness (QED) is 0.671. The molecular weight excluding hydrogens is 395 g/mol. The first-order valence-corrected chi connectivity index (χ1v) is 9.23. The number of nitrogens with one attached hydrogen (secondary N) is 1. The highest BCUT2D eigenvalue weighted by Gasteiger charge is 2.33. The van der Waals surface area contributed by atoms with Crippen molar-refractivity contribution in [3.8, 4) is 0 Å². The zero-order valence-electron chi connectivity index (χ0n) is 15.0. The molecule has 1 aromatic carbocycles. The molecule has 0 saturated carbocycles. The molecule has 2 atom stereocenters. The van der Waals surface area contributed by atoms with Crippen molar-refractivity contribution >= 4 is 23.2 Å². The van der Waals surface area contributed by atoms with E-state index in [2.05, 4.69) is 15.3 Å². The van der Waals surface area contributed by atoms with E-state index in [1.807, 2.05) is 4.90 Å². The minimum absolute atomic E-state index is 0.0277. The van der Waals surface area contributed by atoms with Gasteiger partial charge in [-0.2, -0.15) is 13.2 Å². The lowest BCUT2D eigenvalue weighted by molar-refractivity contribution is -0.137. The van der Waals surface area contributed by atoms with Crippen LogP contribution in [0.2, 0.25) is 5.02 Å². The Morgan fingerprint density at radius 2 is 2.11 bits per heavy atom. The number of benzene rings is 1. The lowest BCUT2D eigenvalue weighted by Crippen LogP contribution is -2.32. The molecule has 2 aromatic rings. The van der Waals surface area contributed by atoms with Gasteiger partial charge in [0.2, 0.25) is 0 Å². The first kappa shape index (κ1) is 20.6. The van der Waals surface area contributed by atoms with E-state index in [4.69, 9.17) is 17.3 Å². The van der Waals surface area contributed by atoms with Crippen molar-refractivity contribution in [3.05, 3.63) is 46.7 Å². The number of aliphatic hydroxyl groups is 1. The topological polar surface area (TPSA) is 87.3 Å². The third kappa shape index (κ3) is 4.65. The van der Waals surface area contributed by atoms with Crippen LogP contribution < -0.4 is 16.0 Å². The van der Waals surface area contributed by atoms with E-state index >= 15 is 0 Å². The van der Waals surface area contributed by atoms with Gasteiger partial charge in [-0.25, -0.2) is 9.97 Å². The van der Waals surface area contributed by atoms with Crippen LogP contribution in [0.15, 0.2) is 30.6 Å². The van der Waals surface area contributed by atoms with Crippen molar-refractivity contribution in [1.82, 2.24) is 9.97 Å². The predicted octanol–water partition coefficient (Wildman–Crippen LogP) is 3.22. The Hall–Kier alpha value is -2.10. The van der Waals surface area contributed by atoms with Crippen molar-refractivity contribution in [1.29, 1.82) is 0 Å². The molecule has 28 heavy (non-hydrogen) atoms. The number of aromatic nitrogens is 2. The van der Waals surface area contributed by atoms with Gasteiger partial charge in [0.25, 0.3) is 0 Å². The molecule has 2 unspecified atom stereocenters. The average Bonchev–Trinajstić information content (AvgIpc) is 3.14. The number of hydrogen-bond acceptors (Lipinski definition) is 6. The Morgan fingerprint density at radius 1 is 1.32 bits per heavy atom. The second kappa shape index (κ2) is 8.50. The molecule has 1 aliphatic heterocycles. The minimum atomic E-state index is -4.54. The van der Waals surface area contributed by atoms with Crippen LogP contribution in [-0.4, -0.2) is 40.8 Å². The first-order chi connectivity index (χ1) is 13.3. The molecule has 1 fully saturated rings. The number of aliphatic hydroxyl groups excluding tert-OH is 1. The molecule has 0 bridgehead atoms. The summed E-state index contributed by atoms with van der Waals surface area (Å²) >= 11 is 5.65.